The Kier molecular flexibility index (Phi) is 4.07. The summed E-state index contributed by atoms with van der Waals surface area (Å²) in [4.78, 5) is 11.9. The zero-order valence-corrected chi connectivity index (χ0v) is 12.1. The van der Waals surface area contributed by atoms with Crippen LogP contribution in [0.15, 0.2) is 71.3 Å². The molecule has 3 rings (SSSR count). The Balaban J connectivity index is 1.70. The summed E-state index contributed by atoms with van der Waals surface area (Å²) in [5.41, 5.74) is 2.79. The summed E-state index contributed by atoms with van der Waals surface area (Å²) in [5.74, 6) is -0.0410. The van der Waals surface area contributed by atoms with Crippen molar-refractivity contribution in [2.24, 2.45) is 0 Å². The Bertz CT molecular complexity index is 847. The van der Waals surface area contributed by atoms with Crippen molar-refractivity contribution in [3.05, 3.63) is 78.3 Å². The van der Waals surface area contributed by atoms with Gasteiger partial charge in [0.1, 0.15) is 6.07 Å². The second-order valence-electron chi connectivity index (χ2n) is 4.79. The number of hydrogen-bond donors (Lipinski definition) is 2. The Morgan fingerprint density at radius 2 is 1.70 bits per heavy atom. The maximum Gasteiger partial charge on any atom is 0.291 e. The highest BCUT2D eigenvalue weighted by Gasteiger charge is 2.08. The van der Waals surface area contributed by atoms with Crippen LogP contribution in [0.2, 0.25) is 0 Å². The fourth-order valence-electron chi connectivity index (χ4n) is 2.08. The summed E-state index contributed by atoms with van der Waals surface area (Å²) in [6, 6.07) is 19.9. The van der Waals surface area contributed by atoms with Crippen molar-refractivity contribution in [1.29, 1.82) is 5.26 Å². The molecule has 1 amide bonds. The van der Waals surface area contributed by atoms with E-state index in [9.17, 15) is 4.79 Å². The molecule has 5 heteroatoms. The standard InChI is InChI=1S/C18H13N3O2/c19-12-13-4-1-2-5-16(13)20-14-7-9-15(10-8-14)21-18(22)17-6-3-11-23-17/h1-11,20H,(H,21,22). The molecule has 0 fully saturated rings. The topological polar surface area (TPSA) is 78.1 Å². The molecular weight excluding hydrogens is 290 g/mol. The average molecular weight is 303 g/mol. The van der Waals surface area contributed by atoms with Crippen molar-refractivity contribution in [3.63, 3.8) is 0 Å². The zero-order valence-electron chi connectivity index (χ0n) is 12.1. The third-order valence-electron chi connectivity index (χ3n) is 3.21. The lowest BCUT2D eigenvalue weighted by molar-refractivity contribution is 0.0996. The van der Waals surface area contributed by atoms with Crippen LogP contribution in [0, 0.1) is 11.3 Å². The lowest BCUT2D eigenvalue weighted by atomic mass is 10.2. The van der Waals surface area contributed by atoms with Crippen molar-refractivity contribution in [1.82, 2.24) is 0 Å². The van der Waals surface area contributed by atoms with E-state index in [0.29, 0.717) is 11.3 Å². The largest absolute Gasteiger partial charge is 0.459 e. The van der Waals surface area contributed by atoms with Gasteiger partial charge in [-0.05, 0) is 48.5 Å². The van der Waals surface area contributed by atoms with Crippen LogP contribution in [0.1, 0.15) is 16.1 Å². The minimum Gasteiger partial charge on any atom is -0.459 e. The normalized spacial score (nSPS) is 9.87. The molecule has 0 aliphatic carbocycles. The number of nitrogens with zero attached hydrogens (tertiary/aromatic N) is 1. The zero-order chi connectivity index (χ0) is 16.1. The van der Waals surface area contributed by atoms with Gasteiger partial charge in [-0.3, -0.25) is 4.79 Å². The van der Waals surface area contributed by atoms with Gasteiger partial charge in [-0.2, -0.15) is 5.26 Å². The highest BCUT2D eigenvalue weighted by molar-refractivity contribution is 6.02. The Morgan fingerprint density at radius 1 is 0.957 bits per heavy atom. The molecule has 0 aliphatic rings. The van der Waals surface area contributed by atoms with Crippen LogP contribution in [0.25, 0.3) is 0 Å². The summed E-state index contributed by atoms with van der Waals surface area (Å²) in [6.45, 7) is 0. The molecule has 23 heavy (non-hydrogen) atoms. The molecule has 5 nitrogen and oxygen atoms in total. The van der Waals surface area contributed by atoms with E-state index in [2.05, 4.69) is 16.7 Å². The van der Waals surface area contributed by atoms with Gasteiger partial charge in [-0.15, -0.1) is 0 Å². The molecule has 0 atom stereocenters. The molecule has 1 heterocycles. The van der Waals surface area contributed by atoms with E-state index in [1.165, 1.54) is 6.26 Å². The van der Waals surface area contributed by atoms with Crippen LogP contribution in [0.5, 0.6) is 0 Å². The van der Waals surface area contributed by atoms with Gasteiger partial charge in [0.2, 0.25) is 0 Å². The number of rotatable bonds is 4. The minimum atomic E-state index is -0.300. The lowest BCUT2D eigenvalue weighted by Gasteiger charge is -2.09. The van der Waals surface area contributed by atoms with Gasteiger partial charge in [0.05, 0.1) is 17.5 Å². The first-order valence-electron chi connectivity index (χ1n) is 6.97. The highest BCUT2D eigenvalue weighted by atomic mass is 16.3. The van der Waals surface area contributed by atoms with Gasteiger partial charge in [0.15, 0.2) is 5.76 Å². The van der Waals surface area contributed by atoms with Crippen LogP contribution in [-0.2, 0) is 0 Å². The fraction of sp³-hybridized carbons (Fsp3) is 0. The molecule has 112 valence electrons. The summed E-state index contributed by atoms with van der Waals surface area (Å²) < 4.78 is 5.04. The van der Waals surface area contributed by atoms with Crippen LogP contribution >= 0.6 is 0 Å². The second-order valence-corrected chi connectivity index (χ2v) is 4.79. The Morgan fingerprint density at radius 3 is 2.39 bits per heavy atom. The minimum absolute atomic E-state index is 0.259. The van der Waals surface area contributed by atoms with E-state index in [1.807, 2.05) is 30.3 Å². The molecule has 0 radical (unpaired) electrons. The summed E-state index contributed by atoms with van der Waals surface area (Å²) in [5, 5.41) is 15.0. The van der Waals surface area contributed by atoms with Crippen molar-refractivity contribution in [3.8, 4) is 6.07 Å². The van der Waals surface area contributed by atoms with Gasteiger partial charge < -0.3 is 15.1 Å². The van der Waals surface area contributed by atoms with Crippen LogP contribution in [0.3, 0.4) is 0 Å². The summed E-state index contributed by atoms with van der Waals surface area (Å²) in [6.07, 6.45) is 1.45. The van der Waals surface area contributed by atoms with E-state index in [1.54, 1.807) is 30.3 Å². The predicted octanol–water partition coefficient (Wildman–Crippen LogP) is 4.15. The van der Waals surface area contributed by atoms with E-state index < -0.39 is 0 Å². The monoisotopic (exact) mass is 303 g/mol. The maximum atomic E-state index is 11.9. The van der Waals surface area contributed by atoms with Gasteiger partial charge in [0.25, 0.3) is 5.91 Å². The molecule has 0 saturated heterocycles. The molecule has 2 aromatic carbocycles. The van der Waals surface area contributed by atoms with E-state index >= 15 is 0 Å². The van der Waals surface area contributed by atoms with Crippen molar-refractivity contribution in [2.45, 2.75) is 0 Å². The predicted molar refractivity (Wildman–Crippen MR) is 87.5 cm³/mol. The molecule has 3 aromatic rings. The van der Waals surface area contributed by atoms with E-state index in [4.69, 9.17) is 9.68 Å². The fourth-order valence-corrected chi connectivity index (χ4v) is 2.08. The first kappa shape index (κ1) is 14.4. The molecule has 2 N–H and O–H groups in total. The number of para-hydroxylation sites is 1. The second kappa shape index (κ2) is 6.50. The summed E-state index contributed by atoms with van der Waals surface area (Å²) >= 11 is 0. The van der Waals surface area contributed by atoms with E-state index in [-0.39, 0.29) is 11.7 Å². The molecular formula is C18H13N3O2. The van der Waals surface area contributed by atoms with Crippen LogP contribution in [0.4, 0.5) is 17.1 Å². The lowest BCUT2D eigenvalue weighted by Crippen LogP contribution is -2.10. The molecule has 1 aromatic heterocycles. The van der Waals surface area contributed by atoms with E-state index in [0.717, 1.165) is 11.4 Å². The molecule has 0 saturated carbocycles. The van der Waals surface area contributed by atoms with Gasteiger partial charge in [-0.1, -0.05) is 12.1 Å². The smallest absolute Gasteiger partial charge is 0.291 e. The third kappa shape index (κ3) is 3.39. The van der Waals surface area contributed by atoms with Gasteiger partial charge >= 0.3 is 0 Å². The highest BCUT2D eigenvalue weighted by Crippen LogP contribution is 2.22. The van der Waals surface area contributed by atoms with Crippen LogP contribution < -0.4 is 10.6 Å². The molecule has 0 unspecified atom stereocenters. The number of anilines is 3. The van der Waals surface area contributed by atoms with Crippen molar-refractivity contribution in [2.75, 3.05) is 10.6 Å². The number of hydrogen-bond acceptors (Lipinski definition) is 4. The first-order chi connectivity index (χ1) is 11.3. The van der Waals surface area contributed by atoms with Crippen molar-refractivity contribution < 1.29 is 9.21 Å². The van der Waals surface area contributed by atoms with Crippen LogP contribution in [-0.4, -0.2) is 5.91 Å². The Hall–Kier alpha value is -3.52. The van der Waals surface area contributed by atoms with Crippen molar-refractivity contribution >= 4 is 23.0 Å². The Labute approximate surface area is 133 Å². The number of amides is 1. The number of benzene rings is 2. The molecule has 0 aliphatic heterocycles. The molecule has 0 bridgehead atoms. The van der Waals surface area contributed by atoms with Gasteiger partial charge in [-0.25, -0.2) is 0 Å². The first-order valence-corrected chi connectivity index (χ1v) is 6.97. The SMILES string of the molecule is N#Cc1ccccc1Nc1ccc(NC(=O)c2ccco2)cc1. The summed E-state index contributed by atoms with van der Waals surface area (Å²) in [7, 11) is 0. The number of nitrogens with one attached hydrogen (secondary N) is 2. The average Bonchev–Trinajstić information content (AvgIpc) is 3.12. The van der Waals surface area contributed by atoms with Gasteiger partial charge in [0, 0.05) is 11.4 Å². The maximum absolute atomic E-state index is 11.9. The number of carbonyl (C=O) groups excluding carboxylic acids is 1. The number of furan rings is 1. The number of carbonyl (C=O) groups is 1. The molecule has 0 spiro atoms. The third-order valence-corrected chi connectivity index (χ3v) is 3.21. The number of nitriles is 1. The quantitative estimate of drug-likeness (QED) is 0.759.